The predicted molar refractivity (Wildman–Crippen MR) is 76.0 cm³/mol. The van der Waals surface area contributed by atoms with Gasteiger partial charge in [-0.25, -0.2) is 9.78 Å². The molecule has 2 heterocycles. The van der Waals surface area contributed by atoms with E-state index < -0.39 is 5.97 Å². The highest BCUT2D eigenvalue weighted by Crippen LogP contribution is 2.11. The molecule has 0 aliphatic heterocycles. The van der Waals surface area contributed by atoms with E-state index in [9.17, 15) is 4.79 Å². The first kappa shape index (κ1) is 14.0. The first-order valence-corrected chi connectivity index (χ1v) is 6.51. The van der Waals surface area contributed by atoms with Crippen molar-refractivity contribution in [3.63, 3.8) is 0 Å². The van der Waals surface area contributed by atoms with Crippen LogP contribution in [0.2, 0.25) is 0 Å². The van der Waals surface area contributed by atoms with Crippen molar-refractivity contribution in [2.75, 3.05) is 11.9 Å². The van der Waals surface area contributed by atoms with Gasteiger partial charge in [0.2, 0.25) is 0 Å². The summed E-state index contributed by atoms with van der Waals surface area (Å²) >= 11 is 0. The Morgan fingerprint density at radius 1 is 1.45 bits per heavy atom. The molecule has 6 heteroatoms. The van der Waals surface area contributed by atoms with E-state index in [1.54, 1.807) is 18.3 Å². The molecule has 0 aliphatic carbocycles. The molecular formula is C14H18N4O2. The number of anilines is 1. The molecule has 2 N–H and O–H groups in total. The lowest BCUT2D eigenvalue weighted by Crippen LogP contribution is -2.12. The second kappa shape index (κ2) is 6.18. The second-order valence-electron chi connectivity index (χ2n) is 4.64. The minimum atomic E-state index is -0.973. The number of aryl methyl sites for hydroxylation is 3. The highest BCUT2D eigenvalue weighted by molar-refractivity contribution is 5.92. The number of nitrogens with zero attached hydrogens (tertiary/aromatic N) is 3. The normalized spacial score (nSPS) is 10.5. The fraction of sp³-hybridized carbons (Fsp3) is 0.357. The first-order chi connectivity index (χ1) is 9.58. The van der Waals surface area contributed by atoms with Gasteiger partial charge in [-0.2, -0.15) is 5.10 Å². The number of pyridine rings is 1. The summed E-state index contributed by atoms with van der Waals surface area (Å²) in [6, 6.07) is 5.19. The summed E-state index contributed by atoms with van der Waals surface area (Å²) in [6.45, 7) is 5.43. The SMILES string of the molecule is Cc1cc(C)n(CCCNc2ncccc2C(=O)O)n1. The molecule has 0 aromatic carbocycles. The Bertz CT molecular complexity index is 607. The van der Waals surface area contributed by atoms with Gasteiger partial charge in [-0.3, -0.25) is 4.68 Å². The quantitative estimate of drug-likeness (QED) is 0.788. The summed E-state index contributed by atoms with van der Waals surface area (Å²) in [5, 5.41) is 16.5. The summed E-state index contributed by atoms with van der Waals surface area (Å²) in [5.74, 6) is -0.562. The highest BCUT2D eigenvalue weighted by Gasteiger charge is 2.09. The maximum atomic E-state index is 11.0. The van der Waals surface area contributed by atoms with Crippen LogP contribution in [0.3, 0.4) is 0 Å². The lowest BCUT2D eigenvalue weighted by molar-refractivity contribution is 0.0697. The van der Waals surface area contributed by atoms with Crippen molar-refractivity contribution in [1.29, 1.82) is 0 Å². The molecule has 0 aliphatic rings. The molecule has 0 atom stereocenters. The van der Waals surface area contributed by atoms with E-state index in [0.29, 0.717) is 12.4 Å². The van der Waals surface area contributed by atoms with Gasteiger partial charge in [-0.05, 0) is 38.5 Å². The van der Waals surface area contributed by atoms with Crippen LogP contribution in [0.4, 0.5) is 5.82 Å². The third-order valence-corrected chi connectivity index (χ3v) is 2.98. The van der Waals surface area contributed by atoms with Gasteiger partial charge in [-0.1, -0.05) is 0 Å². The summed E-state index contributed by atoms with van der Waals surface area (Å²) in [5.41, 5.74) is 2.33. The summed E-state index contributed by atoms with van der Waals surface area (Å²) in [7, 11) is 0. The van der Waals surface area contributed by atoms with Crippen molar-refractivity contribution in [2.45, 2.75) is 26.8 Å². The van der Waals surface area contributed by atoms with Crippen molar-refractivity contribution >= 4 is 11.8 Å². The van der Waals surface area contributed by atoms with E-state index in [0.717, 1.165) is 24.4 Å². The lowest BCUT2D eigenvalue weighted by Gasteiger charge is -2.08. The molecule has 0 spiro atoms. The Balaban J connectivity index is 1.88. The third kappa shape index (κ3) is 3.34. The van der Waals surface area contributed by atoms with Crippen LogP contribution in [0.5, 0.6) is 0 Å². The molecule has 0 fully saturated rings. The van der Waals surface area contributed by atoms with Crippen molar-refractivity contribution in [3.8, 4) is 0 Å². The van der Waals surface area contributed by atoms with Crippen LogP contribution in [0.25, 0.3) is 0 Å². The van der Waals surface area contributed by atoms with E-state index >= 15 is 0 Å². The van der Waals surface area contributed by atoms with E-state index in [1.807, 2.05) is 24.6 Å². The van der Waals surface area contributed by atoms with Crippen molar-refractivity contribution in [1.82, 2.24) is 14.8 Å². The number of hydrogen-bond donors (Lipinski definition) is 2. The third-order valence-electron chi connectivity index (χ3n) is 2.98. The summed E-state index contributed by atoms with van der Waals surface area (Å²) in [4.78, 5) is 15.1. The van der Waals surface area contributed by atoms with Crippen molar-refractivity contribution in [2.24, 2.45) is 0 Å². The molecule has 0 radical (unpaired) electrons. The number of aromatic nitrogens is 3. The Morgan fingerprint density at radius 3 is 2.90 bits per heavy atom. The van der Waals surface area contributed by atoms with Gasteiger partial charge in [0.25, 0.3) is 0 Å². The zero-order valence-electron chi connectivity index (χ0n) is 11.6. The molecule has 2 aromatic rings. The molecule has 0 bridgehead atoms. The number of rotatable bonds is 6. The molecular weight excluding hydrogens is 256 g/mol. The highest BCUT2D eigenvalue weighted by atomic mass is 16.4. The molecule has 0 unspecified atom stereocenters. The zero-order valence-corrected chi connectivity index (χ0v) is 11.6. The van der Waals surface area contributed by atoms with Crippen LogP contribution in [0.1, 0.15) is 28.2 Å². The van der Waals surface area contributed by atoms with Gasteiger partial charge in [0.15, 0.2) is 0 Å². The van der Waals surface area contributed by atoms with Crippen LogP contribution < -0.4 is 5.32 Å². The number of carboxylic acid groups (broad SMARTS) is 1. The largest absolute Gasteiger partial charge is 0.478 e. The molecule has 0 saturated carbocycles. The van der Waals surface area contributed by atoms with Gasteiger partial charge in [-0.15, -0.1) is 0 Å². The second-order valence-corrected chi connectivity index (χ2v) is 4.64. The first-order valence-electron chi connectivity index (χ1n) is 6.51. The van der Waals surface area contributed by atoms with Gasteiger partial charge in [0, 0.05) is 25.0 Å². The predicted octanol–water partition coefficient (Wildman–Crippen LogP) is 2.10. The van der Waals surface area contributed by atoms with Crippen LogP contribution in [-0.2, 0) is 6.54 Å². The van der Waals surface area contributed by atoms with E-state index in [1.165, 1.54) is 0 Å². The molecule has 2 aromatic heterocycles. The topological polar surface area (TPSA) is 80.0 Å². The van der Waals surface area contributed by atoms with E-state index in [2.05, 4.69) is 15.4 Å². The summed E-state index contributed by atoms with van der Waals surface area (Å²) < 4.78 is 1.95. The van der Waals surface area contributed by atoms with E-state index in [-0.39, 0.29) is 5.56 Å². The van der Waals surface area contributed by atoms with Crippen LogP contribution in [0.15, 0.2) is 24.4 Å². The molecule has 6 nitrogen and oxygen atoms in total. The molecule has 106 valence electrons. The van der Waals surface area contributed by atoms with Crippen LogP contribution in [-0.4, -0.2) is 32.4 Å². The van der Waals surface area contributed by atoms with Crippen LogP contribution >= 0.6 is 0 Å². The van der Waals surface area contributed by atoms with Crippen molar-refractivity contribution in [3.05, 3.63) is 41.3 Å². The van der Waals surface area contributed by atoms with E-state index in [4.69, 9.17) is 5.11 Å². The molecule has 0 saturated heterocycles. The number of aromatic carboxylic acids is 1. The Labute approximate surface area is 117 Å². The fourth-order valence-electron chi connectivity index (χ4n) is 2.06. The number of carboxylic acids is 1. The fourth-order valence-corrected chi connectivity index (χ4v) is 2.06. The smallest absolute Gasteiger partial charge is 0.339 e. The standard InChI is InChI=1S/C14H18N4O2/c1-10-9-11(2)18(17-10)8-4-7-16-13-12(14(19)20)5-3-6-15-13/h3,5-6,9H,4,7-8H2,1-2H3,(H,15,16)(H,19,20). The average Bonchev–Trinajstić information content (AvgIpc) is 2.73. The van der Waals surface area contributed by atoms with Gasteiger partial charge >= 0.3 is 5.97 Å². The van der Waals surface area contributed by atoms with Crippen LogP contribution in [0, 0.1) is 13.8 Å². The maximum Gasteiger partial charge on any atom is 0.339 e. The maximum absolute atomic E-state index is 11.0. The number of nitrogens with one attached hydrogen (secondary N) is 1. The molecule has 0 amide bonds. The lowest BCUT2D eigenvalue weighted by atomic mass is 10.2. The number of carbonyl (C=O) groups is 1. The minimum Gasteiger partial charge on any atom is -0.478 e. The van der Waals surface area contributed by atoms with Gasteiger partial charge < -0.3 is 10.4 Å². The number of hydrogen-bond acceptors (Lipinski definition) is 4. The molecule has 2 rings (SSSR count). The van der Waals surface area contributed by atoms with Crippen molar-refractivity contribution < 1.29 is 9.90 Å². The summed E-state index contributed by atoms with van der Waals surface area (Å²) in [6.07, 6.45) is 2.42. The Kier molecular flexibility index (Phi) is 4.34. The zero-order chi connectivity index (χ0) is 14.5. The average molecular weight is 274 g/mol. The van der Waals surface area contributed by atoms with Gasteiger partial charge in [0.1, 0.15) is 11.4 Å². The monoisotopic (exact) mass is 274 g/mol. The van der Waals surface area contributed by atoms with Gasteiger partial charge in [0.05, 0.1) is 5.69 Å². The minimum absolute atomic E-state index is 0.193. The Morgan fingerprint density at radius 2 is 2.25 bits per heavy atom. The Hall–Kier alpha value is -2.37. The molecule has 20 heavy (non-hydrogen) atoms.